The molecule has 3 rings (SSSR count). The summed E-state index contributed by atoms with van der Waals surface area (Å²) in [4.78, 5) is 9.12. The van der Waals surface area contributed by atoms with Crippen molar-refractivity contribution in [3.05, 3.63) is 42.0 Å². The van der Waals surface area contributed by atoms with Gasteiger partial charge in [0.05, 0.1) is 28.4 Å². The van der Waals surface area contributed by atoms with Gasteiger partial charge in [-0.1, -0.05) is 6.07 Å². The predicted octanol–water partition coefficient (Wildman–Crippen LogP) is 2.62. The Bertz CT molecular complexity index is 870. The second-order valence-electron chi connectivity index (χ2n) is 7.11. The molecule has 0 amide bonds. The molecular weight excluding hydrogens is 396 g/mol. The maximum absolute atomic E-state index is 5.45. The zero-order valence-corrected chi connectivity index (χ0v) is 19.0. The van der Waals surface area contributed by atoms with Gasteiger partial charge in [-0.15, -0.1) is 0 Å². The van der Waals surface area contributed by atoms with E-state index in [-0.39, 0.29) is 0 Å². The van der Waals surface area contributed by atoms with Gasteiger partial charge in [-0.2, -0.15) is 0 Å². The number of guanidine groups is 1. The Kier molecular flexibility index (Phi) is 7.70. The molecule has 0 bridgehead atoms. The molecule has 8 heteroatoms. The lowest BCUT2D eigenvalue weighted by molar-refractivity contribution is 0.323. The molecule has 0 unspecified atom stereocenters. The lowest BCUT2D eigenvalue weighted by Gasteiger charge is -2.37. The summed E-state index contributed by atoms with van der Waals surface area (Å²) in [5.41, 5.74) is 2.20. The van der Waals surface area contributed by atoms with E-state index in [1.54, 1.807) is 28.4 Å². The van der Waals surface area contributed by atoms with E-state index >= 15 is 0 Å². The van der Waals surface area contributed by atoms with Crippen molar-refractivity contribution in [2.75, 3.05) is 66.6 Å². The average Bonchev–Trinajstić information content (AvgIpc) is 2.84. The summed E-state index contributed by atoms with van der Waals surface area (Å²) in [7, 11) is 8.35. The molecule has 0 radical (unpaired) electrons. The van der Waals surface area contributed by atoms with Crippen molar-refractivity contribution in [1.29, 1.82) is 0 Å². The fourth-order valence-corrected chi connectivity index (χ4v) is 3.73. The number of piperazine rings is 1. The van der Waals surface area contributed by atoms with Crippen LogP contribution in [0.25, 0.3) is 0 Å². The highest BCUT2D eigenvalue weighted by atomic mass is 16.5. The molecule has 1 aliphatic rings. The Hall–Kier alpha value is -3.29. The zero-order chi connectivity index (χ0) is 22.2. The second kappa shape index (κ2) is 10.7. The summed E-state index contributed by atoms with van der Waals surface area (Å²) in [6.45, 7) is 4.19. The fraction of sp³-hybridized carbons (Fsp3) is 0.435. The number of nitrogens with one attached hydrogen (secondary N) is 1. The van der Waals surface area contributed by atoms with Gasteiger partial charge < -0.3 is 34.1 Å². The maximum Gasteiger partial charge on any atom is 0.203 e. The van der Waals surface area contributed by atoms with Gasteiger partial charge in [-0.3, -0.25) is 4.99 Å². The fourth-order valence-electron chi connectivity index (χ4n) is 3.73. The van der Waals surface area contributed by atoms with Crippen LogP contribution in [-0.2, 0) is 6.54 Å². The summed E-state index contributed by atoms with van der Waals surface area (Å²) in [6, 6.07) is 12.1. The third-order valence-electron chi connectivity index (χ3n) is 5.38. The number of hydrogen-bond acceptors (Lipinski definition) is 6. The lowest BCUT2D eigenvalue weighted by Crippen LogP contribution is -2.52. The first-order valence-electron chi connectivity index (χ1n) is 10.3. The van der Waals surface area contributed by atoms with E-state index in [0.717, 1.165) is 43.5 Å². The van der Waals surface area contributed by atoms with Gasteiger partial charge in [-0.25, -0.2) is 0 Å². The maximum atomic E-state index is 5.45. The Labute approximate surface area is 184 Å². The van der Waals surface area contributed by atoms with E-state index in [2.05, 4.69) is 32.2 Å². The summed E-state index contributed by atoms with van der Waals surface area (Å²) in [6.07, 6.45) is 0. The van der Waals surface area contributed by atoms with Gasteiger partial charge in [0, 0.05) is 51.5 Å². The Morgan fingerprint density at radius 2 is 1.58 bits per heavy atom. The SMILES string of the molecule is CN=C(NCc1cc(OC)c(OC)c(OC)c1)N1CCN(c2cccc(OC)c2)CC1. The van der Waals surface area contributed by atoms with E-state index in [4.69, 9.17) is 18.9 Å². The van der Waals surface area contributed by atoms with Crippen LogP contribution in [0.2, 0.25) is 0 Å². The Balaban J connectivity index is 1.61. The Morgan fingerprint density at radius 1 is 0.903 bits per heavy atom. The lowest BCUT2D eigenvalue weighted by atomic mass is 10.1. The molecule has 2 aromatic carbocycles. The van der Waals surface area contributed by atoms with Gasteiger partial charge in [-0.05, 0) is 29.8 Å². The Morgan fingerprint density at radius 3 is 2.13 bits per heavy atom. The first-order valence-corrected chi connectivity index (χ1v) is 10.3. The molecule has 1 heterocycles. The third kappa shape index (κ3) is 5.25. The predicted molar refractivity (Wildman–Crippen MR) is 123 cm³/mol. The molecule has 0 aliphatic carbocycles. The van der Waals surface area contributed by atoms with Crippen LogP contribution in [0.5, 0.6) is 23.0 Å². The topological polar surface area (TPSA) is 67.8 Å². The van der Waals surface area contributed by atoms with E-state index < -0.39 is 0 Å². The van der Waals surface area contributed by atoms with Gasteiger partial charge in [0.2, 0.25) is 5.75 Å². The van der Waals surface area contributed by atoms with Gasteiger partial charge >= 0.3 is 0 Å². The monoisotopic (exact) mass is 428 g/mol. The first kappa shape index (κ1) is 22.4. The molecular formula is C23H32N4O4. The normalized spacial score (nSPS) is 14.3. The van der Waals surface area contributed by atoms with Crippen molar-refractivity contribution in [2.24, 2.45) is 4.99 Å². The second-order valence-corrected chi connectivity index (χ2v) is 7.11. The summed E-state index contributed by atoms with van der Waals surface area (Å²) >= 11 is 0. The number of aliphatic imine (C=N–C) groups is 1. The minimum absolute atomic E-state index is 0.590. The van der Waals surface area contributed by atoms with Crippen molar-refractivity contribution in [2.45, 2.75) is 6.54 Å². The third-order valence-corrected chi connectivity index (χ3v) is 5.38. The summed E-state index contributed by atoms with van der Waals surface area (Å²) in [5, 5.41) is 3.45. The first-order chi connectivity index (χ1) is 15.1. The highest BCUT2D eigenvalue weighted by molar-refractivity contribution is 5.80. The van der Waals surface area contributed by atoms with E-state index in [0.29, 0.717) is 23.8 Å². The van der Waals surface area contributed by atoms with E-state index in [1.807, 2.05) is 31.3 Å². The molecule has 1 fully saturated rings. The van der Waals surface area contributed by atoms with Crippen LogP contribution in [0, 0.1) is 0 Å². The van der Waals surface area contributed by atoms with Crippen molar-refractivity contribution < 1.29 is 18.9 Å². The molecule has 1 N–H and O–H groups in total. The van der Waals surface area contributed by atoms with Gasteiger partial charge in [0.1, 0.15) is 5.75 Å². The number of methoxy groups -OCH3 is 4. The minimum atomic E-state index is 0.590. The smallest absolute Gasteiger partial charge is 0.203 e. The molecule has 168 valence electrons. The number of ether oxygens (including phenoxy) is 4. The van der Waals surface area contributed by atoms with Crippen LogP contribution in [0.3, 0.4) is 0 Å². The molecule has 0 saturated carbocycles. The van der Waals surface area contributed by atoms with Gasteiger partial charge in [0.25, 0.3) is 0 Å². The largest absolute Gasteiger partial charge is 0.497 e. The number of rotatable bonds is 7. The van der Waals surface area contributed by atoms with Crippen molar-refractivity contribution in [3.63, 3.8) is 0 Å². The molecule has 0 atom stereocenters. The van der Waals surface area contributed by atoms with Crippen LogP contribution in [0.15, 0.2) is 41.4 Å². The van der Waals surface area contributed by atoms with E-state index in [1.165, 1.54) is 5.69 Å². The van der Waals surface area contributed by atoms with Crippen molar-refractivity contribution >= 4 is 11.6 Å². The van der Waals surface area contributed by atoms with Crippen molar-refractivity contribution in [3.8, 4) is 23.0 Å². The number of benzene rings is 2. The molecule has 0 aromatic heterocycles. The van der Waals surface area contributed by atoms with Gasteiger partial charge in [0.15, 0.2) is 17.5 Å². The summed E-state index contributed by atoms with van der Waals surface area (Å²) < 4.78 is 21.7. The van der Waals surface area contributed by atoms with Crippen molar-refractivity contribution in [1.82, 2.24) is 10.2 Å². The average molecular weight is 429 g/mol. The van der Waals surface area contributed by atoms with E-state index in [9.17, 15) is 0 Å². The summed E-state index contributed by atoms with van der Waals surface area (Å²) in [5.74, 6) is 3.62. The van der Waals surface area contributed by atoms with Crippen LogP contribution in [0.4, 0.5) is 5.69 Å². The molecule has 1 saturated heterocycles. The standard InChI is InChI=1S/C23H32N4O4/c1-24-23(25-16-17-13-20(29-3)22(31-5)21(14-17)30-4)27-11-9-26(10-12-27)18-7-6-8-19(15-18)28-2/h6-8,13-15H,9-12,16H2,1-5H3,(H,24,25). The molecule has 31 heavy (non-hydrogen) atoms. The van der Waals surface area contributed by atoms with Crippen LogP contribution < -0.4 is 29.2 Å². The van der Waals surface area contributed by atoms with Crippen LogP contribution in [-0.4, -0.2) is 72.5 Å². The van der Waals surface area contributed by atoms with Crippen LogP contribution in [0.1, 0.15) is 5.56 Å². The van der Waals surface area contributed by atoms with Crippen LogP contribution >= 0.6 is 0 Å². The number of anilines is 1. The highest BCUT2D eigenvalue weighted by Crippen LogP contribution is 2.38. The molecule has 1 aliphatic heterocycles. The zero-order valence-electron chi connectivity index (χ0n) is 19.0. The quantitative estimate of drug-likeness (QED) is 0.537. The molecule has 0 spiro atoms. The molecule has 2 aromatic rings. The minimum Gasteiger partial charge on any atom is -0.497 e. The molecule has 8 nitrogen and oxygen atoms in total. The number of hydrogen-bond donors (Lipinski definition) is 1. The highest BCUT2D eigenvalue weighted by Gasteiger charge is 2.20. The number of nitrogens with zero attached hydrogens (tertiary/aromatic N) is 3.